The van der Waals surface area contributed by atoms with Crippen molar-refractivity contribution in [1.82, 2.24) is 10.2 Å². The Morgan fingerprint density at radius 3 is 2.19 bits per heavy atom. The van der Waals surface area contributed by atoms with Crippen molar-refractivity contribution < 1.29 is 52.0 Å². The van der Waals surface area contributed by atoms with Gasteiger partial charge in [-0.2, -0.15) is 0 Å². The molecular formula is C38H36ClIN2O12. The van der Waals surface area contributed by atoms with Crippen LogP contribution in [0.15, 0.2) is 63.8 Å². The molecule has 1 unspecified atom stereocenters. The Labute approximate surface area is 328 Å². The number of rotatable bonds is 18. The molecule has 284 valence electrons. The third-order valence-electron chi connectivity index (χ3n) is 8.44. The fourth-order valence-corrected chi connectivity index (χ4v) is 6.80. The van der Waals surface area contributed by atoms with Gasteiger partial charge in [-0.3, -0.25) is 34.2 Å². The largest absolute Gasteiger partial charge is 0.493 e. The van der Waals surface area contributed by atoms with E-state index in [4.69, 9.17) is 44.4 Å². The highest BCUT2D eigenvalue weighted by atomic mass is 127. The zero-order valence-corrected chi connectivity index (χ0v) is 32.1. The second kappa shape index (κ2) is 18.2. The van der Waals surface area contributed by atoms with Crippen LogP contribution in [0, 0.1) is 3.57 Å². The highest BCUT2D eigenvalue weighted by Crippen LogP contribution is 2.35. The molecule has 1 aromatic heterocycles. The summed E-state index contributed by atoms with van der Waals surface area (Å²) in [5, 5.41) is 3.00. The molecule has 0 saturated carbocycles. The number of nitrogens with one attached hydrogen (secondary N) is 1. The summed E-state index contributed by atoms with van der Waals surface area (Å²) < 4.78 is 40.7. The summed E-state index contributed by atoms with van der Waals surface area (Å²) in [7, 11) is 0. The average molecular weight is 875 g/mol. The van der Waals surface area contributed by atoms with E-state index in [9.17, 15) is 24.0 Å². The lowest BCUT2D eigenvalue weighted by molar-refractivity contribution is -0.136. The first-order valence-corrected chi connectivity index (χ1v) is 18.7. The molecule has 0 radical (unpaired) electrons. The summed E-state index contributed by atoms with van der Waals surface area (Å²) in [5.41, 5.74) is 1.01. The van der Waals surface area contributed by atoms with E-state index >= 15 is 0 Å². The number of benzene rings is 3. The van der Waals surface area contributed by atoms with Crippen LogP contribution in [0.25, 0.3) is 22.3 Å². The van der Waals surface area contributed by atoms with Gasteiger partial charge in [0.25, 0.3) is 11.8 Å². The van der Waals surface area contributed by atoms with Crippen molar-refractivity contribution in [2.45, 2.75) is 25.8 Å². The highest BCUT2D eigenvalue weighted by Gasteiger charge is 2.46. The monoisotopic (exact) mass is 874 g/mol. The molecule has 0 aliphatic carbocycles. The second-order valence-electron chi connectivity index (χ2n) is 12.0. The number of imide groups is 2. The Bertz CT molecular complexity index is 2120. The molecule has 0 bridgehead atoms. The van der Waals surface area contributed by atoms with Gasteiger partial charge in [0.15, 0.2) is 5.43 Å². The SMILES string of the molecule is CCOc1cc2oc(-c3ccc(OCCOCCOCCOCCOc4cccc5c4C(=O)N(C4CCC(=O)NC4=O)C5=O)cc3Cl)cc(=O)c2cc1I. The summed E-state index contributed by atoms with van der Waals surface area (Å²) in [6, 6.07) is 13.6. The second-order valence-corrected chi connectivity index (χ2v) is 13.6. The summed E-state index contributed by atoms with van der Waals surface area (Å²) in [6.07, 6.45) is 0.113. The van der Waals surface area contributed by atoms with Gasteiger partial charge in [0, 0.05) is 24.1 Å². The topological polar surface area (TPSA) is 169 Å². The lowest BCUT2D eigenvalue weighted by Crippen LogP contribution is -2.54. The van der Waals surface area contributed by atoms with Gasteiger partial charge in [0.05, 0.1) is 71.4 Å². The van der Waals surface area contributed by atoms with Crippen molar-refractivity contribution in [3.05, 3.63) is 84.5 Å². The number of amides is 4. The zero-order chi connectivity index (χ0) is 38.2. The maximum Gasteiger partial charge on any atom is 0.266 e. The molecule has 4 amide bonds. The van der Waals surface area contributed by atoms with E-state index in [2.05, 4.69) is 27.9 Å². The van der Waals surface area contributed by atoms with Gasteiger partial charge < -0.3 is 32.8 Å². The summed E-state index contributed by atoms with van der Waals surface area (Å²) >= 11 is 8.67. The highest BCUT2D eigenvalue weighted by molar-refractivity contribution is 14.1. The minimum Gasteiger partial charge on any atom is -0.493 e. The van der Waals surface area contributed by atoms with Crippen LogP contribution in [0.4, 0.5) is 0 Å². The molecule has 3 heterocycles. The zero-order valence-electron chi connectivity index (χ0n) is 29.2. The van der Waals surface area contributed by atoms with Crippen molar-refractivity contribution in [2.24, 2.45) is 0 Å². The molecule has 0 spiro atoms. The summed E-state index contributed by atoms with van der Waals surface area (Å²) in [5.74, 6) is -0.621. The number of nitrogens with zero attached hydrogens (tertiary/aromatic N) is 1. The molecule has 4 aromatic rings. The van der Waals surface area contributed by atoms with E-state index in [1.54, 1.807) is 42.5 Å². The van der Waals surface area contributed by atoms with E-state index in [1.165, 1.54) is 12.1 Å². The van der Waals surface area contributed by atoms with Gasteiger partial charge in [-0.15, -0.1) is 0 Å². The lowest BCUT2D eigenvalue weighted by atomic mass is 10.0. The predicted octanol–water partition coefficient (Wildman–Crippen LogP) is 5.03. The van der Waals surface area contributed by atoms with Gasteiger partial charge in [-0.1, -0.05) is 17.7 Å². The maximum atomic E-state index is 13.2. The molecule has 2 aliphatic rings. The van der Waals surface area contributed by atoms with Gasteiger partial charge in [0.1, 0.15) is 47.8 Å². The number of hydrogen-bond donors (Lipinski definition) is 1. The van der Waals surface area contributed by atoms with E-state index in [0.717, 1.165) is 8.47 Å². The van der Waals surface area contributed by atoms with Crippen LogP contribution in [0.2, 0.25) is 5.02 Å². The van der Waals surface area contributed by atoms with Crippen molar-refractivity contribution in [3.8, 4) is 28.6 Å². The Kier molecular flexibility index (Phi) is 13.2. The molecule has 14 nitrogen and oxygen atoms in total. The standard InChI is InChI=1S/C38H36ClIN2O12/c1-2-51-33-21-32-25(19-27(33)40)29(43)20-31(54-32)23-7-6-22(18-26(23)39)52-16-14-49-12-10-48-11-13-50-15-17-53-30-5-3-4-24-35(30)38(47)42(37(24)46)28-8-9-34(44)41-36(28)45/h3-7,18-21,28H,2,8-17H2,1H3,(H,41,44,45). The first kappa shape index (κ1) is 39.2. The minimum absolute atomic E-state index is 0.0405. The predicted molar refractivity (Wildman–Crippen MR) is 203 cm³/mol. The first-order chi connectivity index (χ1) is 26.2. The summed E-state index contributed by atoms with van der Waals surface area (Å²) in [4.78, 5) is 63.7. The van der Waals surface area contributed by atoms with Crippen LogP contribution in [-0.2, 0) is 23.8 Å². The van der Waals surface area contributed by atoms with Crippen molar-refractivity contribution >= 4 is 68.8 Å². The third kappa shape index (κ3) is 9.03. The van der Waals surface area contributed by atoms with E-state index in [1.807, 2.05) is 6.92 Å². The number of carbonyl (C=O) groups is 4. The quantitative estimate of drug-likeness (QED) is 0.0806. The van der Waals surface area contributed by atoms with Crippen molar-refractivity contribution in [3.63, 3.8) is 0 Å². The Hall–Kier alpha value is -4.55. The third-order valence-corrected chi connectivity index (χ3v) is 9.60. The fourth-order valence-electron chi connectivity index (χ4n) is 5.92. The van der Waals surface area contributed by atoms with Gasteiger partial charge in [-0.25, -0.2) is 0 Å². The molecule has 2 aliphatic heterocycles. The van der Waals surface area contributed by atoms with Gasteiger partial charge in [0.2, 0.25) is 11.8 Å². The first-order valence-electron chi connectivity index (χ1n) is 17.2. The van der Waals surface area contributed by atoms with Crippen LogP contribution in [-0.4, -0.2) is 94.0 Å². The smallest absolute Gasteiger partial charge is 0.266 e. The Morgan fingerprint density at radius 2 is 1.50 bits per heavy atom. The molecule has 54 heavy (non-hydrogen) atoms. The number of hydrogen-bond acceptors (Lipinski definition) is 12. The van der Waals surface area contributed by atoms with Gasteiger partial charge >= 0.3 is 0 Å². The summed E-state index contributed by atoms with van der Waals surface area (Å²) in [6.45, 7) is 4.61. The van der Waals surface area contributed by atoms with Crippen molar-refractivity contribution in [2.75, 3.05) is 59.5 Å². The average Bonchev–Trinajstić information content (AvgIpc) is 3.40. The number of piperidine rings is 1. The molecule has 1 atom stereocenters. The minimum atomic E-state index is -1.05. The van der Waals surface area contributed by atoms with E-state index in [-0.39, 0.29) is 55.0 Å². The number of ether oxygens (including phenoxy) is 6. The Balaban J connectivity index is 0.848. The fraction of sp³-hybridized carbons (Fsp3) is 0.342. The number of carbonyl (C=O) groups excluding carboxylic acids is 4. The number of halogens is 2. The van der Waals surface area contributed by atoms with Crippen LogP contribution in [0.1, 0.15) is 40.5 Å². The lowest BCUT2D eigenvalue weighted by Gasteiger charge is -2.27. The van der Waals surface area contributed by atoms with Gasteiger partial charge in [-0.05, 0) is 72.3 Å². The molecule has 1 N–H and O–H groups in total. The number of fused-ring (bicyclic) bond motifs is 2. The molecule has 16 heteroatoms. The molecule has 3 aromatic carbocycles. The van der Waals surface area contributed by atoms with E-state index < -0.39 is 29.7 Å². The van der Waals surface area contributed by atoms with Crippen LogP contribution < -0.4 is 25.0 Å². The van der Waals surface area contributed by atoms with Crippen LogP contribution in [0.5, 0.6) is 17.2 Å². The molecule has 1 saturated heterocycles. The van der Waals surface area contributed by atoms with Crippen molar-refractivity contribution in [1.29, 1.82) is 0 Å². The Morgan fingerprint density at radius 1 is 0.796 bits per heavy atom. The normalized spacial score (nSPS) is 15.5. The molecule has 1 fully saturated rings. The van der Waals surface area contributed by atoms with Crippen LogP contribution >= 0.6 is 34.2 Å². The maximum absolute atomic E-state index is 13.2. The molecule has 6 rings (SSSR count). The van der Waals surface area contributed by atoms with E-state index in [0.29, 0.717) is 78.5 Å². The molecular weight excluding hydrogens is 839 g/mol. The van der Waals surface area contributed by atoms with Crippen LogP contribution in [0.3, 0.4) is 0 Å².